The van der Waals surface area contributed by atoms with Crippen LogP contribution in [-0.4, -0.2) is 0 Å². The van der Waals surface area contributed by atoms with Gasteiger partial charge in [-0.25, -0.2) is 0 Å². The lowest BCUT2D eigenvalue weighted by Gasteiger charge is -2.19. The summed E-state index contributed by atoms with van der Waals surface area (Å²) in [6, 6.07) is 70.3. The Balaban J connectivity index is 1.17. The Morgan fingerprint density at radius 1 is 0.240 bits per heavy atom. The van der Waals surface area contributed by atoms with E-state index in [0.29, 0.717) is 0 Å². The van der Waals surface area contributed by atoms with Gasteiger partial charge in [0.05, 0.1) is 0 Å². The molecule has 0 aliphatic heterocycles. The van der Waals surface area contributed by atoms with E-state index in [1.807, 2.05) is 0 Å². The summed E-state index contributed by atoms with van der Waals surface area (Å²) in [6.07, 6.45) is 4.47. The van der Waals surface area contributed by atoms with Gasteiger partial charge in [0.1, 0.15) is 0 Å². The van der Waals surface area contributed by atoms with Crippen molar-refractivity contribution in [2.24, 2.45) is 0 Å². The molecule has 0 nitrogen and oxygen atoms in total. The summed E-state index contributed by atoms with van der Waals surface area (Å²) >= 11 is 0. The third kappa shape index (κ3) is 5.38. The molecule has 0 aliphatic rings. The van der Waals surface area contributed by atoms with Crippen LogP contribution in [0, 0.1) is 0 Å². The molecule has 9 aromatic rings. The van der Waals surface area contributed by atoms with Gasteiger partial charge in [-0.05, 0) is 88.0 Å². The number of hydrogen-bond donors (Lipinski definition) is 0. The normalized spacial score (nSPS) is 11.5. The van der Waals surface area contributed by atoms with E-state index in [4.69, 9.17) is 0 Å². The Morgan fingerprint density at radius 3 is 1.18 bits per heavy atom. The van der Waals surface area contributed by atoms with Crippen molar-refractivity contribution in [2.75, 3.05) is 0 Å². The molecule has 50 heavy (non-hydrogen) atoms. The van der Waals surface area contributed by atoms with Crippen LogP contribution in [0.15, 0.2) is 194 Å². The first kappa shape index (κ1) is 29.6. The second kappa shape index (κ2) is 12.8. The van der Waals surface area contributed by atoms with E-state index in [-0.39, 0.29) is 0 Å². The molecular weight excluding hydrogens is 601 g/mol. The zero-order valence-electron chi connectivity index (χ0n) is 27.6. The van der Waals surface area contributed by atoms with Gasteiger partial charge in [-0.3, -0.25) is 0 Å². The van der Waals surface area contributed by atoms with Crippen molar-refractivity contribution in [3.63, 3.8) is 0 Å². The second-order valence-corrected chi connectivity index (χ2v) is 12.9. The van der Waals surface area contributed by atoms with Crippen LogP contribution in [0.5, 0.6) is 0 Å². The smallest absolute Gasteiger partial charge is 0.00201 e. The largest absolute Gasteiger partial charge is 0.0622 e. The molecule has 0 atom stereocenters. The van der Waals surface area contributed by atoms with Crippen LogP contribution in [0.3, 0.4) is 0 Å². The van der Waals surface area contributed by atoms with E-state index in [1.54, 1.807) is 0 Å². The van der Waals surface area contributed by atoms with Gasteiger partial charge in [0, 0.05) is 0 Å². The molecule has 0 fully saturated rings. The van der Waals surface area contributed by atoms with Crippen molar-refractivity contribution in [1.29, 1.82) is 0 Å². The molecule has 0 radical (unpaired) electrons. The van der Waals surface area contributed by atoms with E-state index in [2.05, 4.69) is 206 Å². The summed E-state index contributed by atoms with van der Waals surface area (Å²) in [4.78, 5) is 0. The highest BCUT2D eigenvalue weighted by Gasteiger charge is 2.18. The van der Waals surface area contributed by atoms with Crippen LogP contribution in [-0.2, 0) is 0 Å². The molecule has 0 heteroatoms. The van der Waals surface area contributed by atoms with Crippen molar-refractivity contribution < 1.29 is 0 Å². The predicted molar refractivity (Wildman–Crippen MR) is 216 cm³/mol. The maximum atomic E-state index is 2.32. The van der Waals surface area contributed by atoms with Crippen LogP contribution in [0.25, 0.3) is 89.0 Å². The van der Waals surface area contributed by atoms with Gasteiger partial charge < -0.3 is 0 Å². The minimum atomic E-state index is 1.18. The third-order valence-corrected chi connectivity index (χ3v) is 9.91. The molecule has 0 bridgehead atoms. The van der Waals surface area contributed by atoms with Gasteiger partial charge in [0.2, 0.25) is 0 Å². The molecule has 0 aliphatic carbocycles. The van der Waals surface area contributed by atoms with Gasteiger partial charge in [-0.1, -0.05) is 206 Å². The number of fused-ring (bicyclic) bond motifs is 3. The quantitative estimate of drug-likeness (QED) is 0.126. The molecule has 9 aromatic carbocycles. The van der Waals surface area contributed by atoms with Crippen LogP contribution in [0.1, 0.15) is 11.1 Å². The molecule has 0 N–H and O–H groups in total. The van der Waals surface area contributed by atoms with Gasteiger partial charge in [0.25, 0.3) is 0 Å². The highest BCUT2D eigenvalue weighted by Crippen LogP contribution is 2.45. The van der Waals surface area contributed by atoms with Crippen LogP contribution in [0.2, 0.25) is 0 Å². The van der Waals surface area contributed by atoms with Crippen LogP contribution >= 0.6 is 0 Å². The summed E-state index contributed by atoms with van der Waals surface area (Å²) in [6.45, 7) is 0. The first-order valence-electron chi connectivity index (χ1n) is 17.3. The minimum absolute atomic E-state index is 1.18. The molecular formula is C50H34. The fourth-order valence-electron chi connectivity index (χ4n) is 7.48. The minimum Gasteiger partial charge on any atom is -0.0622 e. The average Bonchev–Trinajstić information content (AvgIpc) is 3.20. The number of rotatable bonds is 6. The van der Waals surface area contributed by atoms with Gasteiger partial charge in [-0.15, -0.1) is 0 Å². The lowest BCUT2D eigenvalue weighted by Crippen LogP contribution is -1.92. The SMILES string of the molecule is C(=C\c1ccc(-c2c3ccccc3c(-c3ccc(-c4ccccc4)cc3)c3ccccc23)c2ccccc12)/c1ccc(-c2ccccc2)cc1. The van der Waals surface area contributed by atoms with E-state index in [9.17, 15) is 0 Å². The van der Waals surface area contributed by atoms with E-state index >= 15 is 0 Å². The lowest BCUT2D eigenvalue weighted by atomic mass is 9.84. The fourth-order valence-corrected chi connectivity index (χ4v) is 7.48. The average molecular weight is 635 g/mol. The zero-order chi connectivity index (χ0) is 33.3. The monoisotopic (exact) mass is 634 g/mol. The van der Waals surface area contributed by atoms with Crippen LogP contribution < -0.4 is 0 Å². The Hall–Kier alpha value is -6.50. The summed E-state index contributed by atoms with van der Waals surface area (Å²) in [5.41, 5.74) is 12.4. The van der Waals surface area contributed by atoms with E-state index in [1.165, 1.54) is 88.0 Å². The second-order valence-electron chi connectivity index (χ2n) is 12.9. The van der Waals surface area contributed by atoms with Gasteiger partial charge >= 0.3 is 0 Å². The molecule has 0 heterocycles. The molecule has 0 saturated heterocycles. The summed E-state index contributed by atoms with van der Waals surface area (Å²) in [5.74, 6) is 0. The topological polar surface area (TPSA) is 0 Å². The molecule has 0 unspecified atom stereocenters. The maximum Gasteiger partial charge on any atom is -0.00201 e. The Morgan fingerprint density at radius 2 is 0.640 bits per heavy atom. The predicted octanol–water partition coefficient (Wildman–Crippen LogP) is 14.0. The molecule has 0 aromatic heterocycles. The standard InChI is InChI=1S/C50H34/c1-3-13-36(14-4-1)38-26-23-35(24-27-38)25-28-40-33-34-48(43-18-8-7-17-42(40)43)50-46-21-11-9-19-44(46)49(45-20-10-12-22-47(45)50)41-31-29-39(30-32-41)37-15-5-2-6-16-37/h1-34H/b28-25+. The maximum absolute atomic E-state index is 2.32. The Bertz CT molecular complexity index is 2590. The van der Waals surface area contributed by atoms with E-state index in [0.717, 1.165) is 0 Å². The van der Waals surface area contributed by atoms with Crippen LogP contribution in [0.4, 0.5) is 0 Å². The van der Waals surface area contributed by atoms with Crippen molar-refractivity contribution in [1.82, 2.24) is 0 Å². The summed E-state index contributed by atoms with van der Waals surface area (Å²) in [5, 5.41) is 7.56. The number of benzene rings is 9. The zero-order valence-corrected chi connectivity index (χ0v) is 27.6. The van der Waals surface area contributed by atoms with E-state index < -0.39 is 0 Å². The highest BCUT2D eigenvalue weighted by molar-refractivity contribution is 6.23. The first-order chi connectivity index (χ1) is 24.8. The Labute approximate surface area is 293 Å². The third-order valence-electron chi connectivity index (χ3n) is 9.91. The molecule has 234 valence electrons. The fraction of sp³-hybridized carbons (Fsp3) is 0. The van der Waals surface area contributed by atoms with Crippen molar-refractivity contribution in [3.8, 4) is 44.5 Å². The summed E-state index contributed by atoms with van der Waals surface area (Å²) < 4.78 is 0. The lowest BCUT2D eigenvalue weighted by molar-refractivity contribution is 1.60. The molecule has 0 amide bonds. The van der Waals surface area contributed by atoms with Gasteiger partial charge in [-0.2, -0.15) is 0 Å². The van der Waals surface area contributed by atoms with Crippen molar-refractivity contribution >= 4 is 44.5 Å². The molecule has 9 rings (SSSR count). The van der Waals surface area contributed by atoms with Gasteiger partial charge in [0.15, 0.2) is 0 Å². The molecule has 0 saturated carbocycles. The van der Waals surface area contributed by atoms with Crippen molar-refractivity contribution in [2.45, 2.75) is 0 Å². The number of hydrogen-bond acceptors (Lipinski definition) is 0. The van der Waals surface area contributed by atoms with Crippen molar-refractivity contribution in [3.05, 3.63) is 205 Å². The highest BCUT2D eigenvalue weighted by atomic mass is 14.2. The summed E-state index contributed by atoms with van der Waals surface area (Å²) in [7, 11) is 0. The molecule has 0 spiro atoms. The Kier molecular flexibility index (Phi) is 7.61. The first-order valence-corrected chi connectivity index (χ1v) is 17.3.